The quantitative estimate of drug-likeness (QED) is 0.604. The van der Waals surface area contributed by atoms with Crippen molar-refractivity contribution in [2.75, 3.05) is 14.2 Å². The highest BCUT2D eigenvalue weighted by Gasteiger charge is 2.08. The number of rotatable bonds is 6. The topological polar surface area (TPSA) is 44.2 Å². The molecule has 0 amide bonds. The Bertz CT molecular complexity index is 856. The highest BCUT2D eigenvalue weighted by atomic mass is 32.2. The number of aromatic nitrogens is 2. The summed E-state index contributed by atoms with van der Waals surface area (Å²) in [5.74, 6) is 1.61. The van der Waals surface area contributed by atoms with Crippen LogP contribution in [-0.4, -0.2) is 24.4 Å². The van der Waals surface area contributed by atoms with Crippen LogP contribution in [0.2, 0.25) is 0 Å². The number of hydrogen-bond donors (Lipinski definition) is 0. The summed E-state index contributed by atoms with van der Waals surface area (Å²) in [5, 5.41) is 9.21. The monoisotopic (exact) mass is 356 g/mol. The Morgan fingerprint density at radius 1 is 0.920 bits per heavy atom. The van der Waals surface area contributed by atoms with Crippen molar-refractivity contribution >= 4 is 11.8 Å². The van der Waals surface area contributed by atoms with Crippen LogP contribution in [0.15, 0.2) is 59.6 Å². The fourth-order valence-electron chi connectivity index (χ4n) is 2.31. The molecule has 2 aromatic carbocycles. The Hall–Kier alpha value is -2.60. The normalized spacial score (nSPS) is 10.5. The van der Waals surface area contributed by atoms with Gasteiger partial charge in [0.2, 0.25) is 0 Å². The summed E-state index contributed by atoms with van der Waals surface area (Å²) < 4.78 is 24.2. The zero-order valence-electron chi connectivity index (χ0n) is 13.9. The van der Waals surface area contributed by atoms with E-state index in [1.807, 2.05) is 36.4 Å². The van der Waals surface area contributed by atoms with Crippen LogP contribution in [0.1, 0.15) is 5.56 Å². The van der Waals surface area contributed by atoms with Crippen LogP contribution in [0.4, 0.5) is 4.39 Å². The molecule has 0 saturated carbocycles. The largest absolute Gasteiger partial charge is 0.493 e. The lowest BCUT2D eigenvalue weighted by Crippen LogP contribution is -1.93. The second kappa shape index (κ2) is 7.98. The van der Waals surface area contributed by atoms with Crippen LogP contribution in [0.3, 0.4) is 0 Å². The van der Waals surface area contributed by atoms with Crippen molar-refractivity contribution in [1.29, 1.82) is 0 Å². The van der Waals surface area contributed by atoms with Gasteiger partial charge in [0.1, 0.15) is 10.8 Å². The van der Waals surface area contributed by atoms with Gasteiger partial charge in [-0.15, -0.1) is 10.2 Å². The first-order valence-corrected chi connectivity index (χ1v) is 8.62. The molecular weight excluding hydrogens is 339 g/mol. The van der Waals surface area contributed by atoms with Crippen molar-refractivity contribution in [2.45, 2.75) is 10.8 Å². The van der Waals surface area contributed by atoms with Gasteiger partial charge in [0.25, 0.3) is 0 Å². The van der Waals surface area contributed by atoms with E-state index in [2.05, 4.69) is 10.2 Å². The summed E-state index contributed by atoms with van der Waals surface area (Å²) in [6.45, 7) is 0. The maximum absolute atomic E-state index is 13.6. The molecule has 0 saturated heterocycles. The minimum Gasteiger partial charge on any atom is -0.493 e. The van der Waals surface area contributed by atoms with Gasteiger partial charge in [-0.2, -0.15) is 0 Å². The molecule has 0 aliphatic rings. The van der Waals surface area contributed by atoms with E-state index >= 15 is 0 Å². The van der Waals surface area contributed by atoms with Crippen molar-refractivity contribution in [3.05, 3.63) is 66.0 Å². The van der Waals surface area contributed by atoms with Gasteiger partial charge in [-0.1, -0.05) is 30.0 Å². The molecule has 0 fully saturated rings. The number of nitrogens with zero attached hydrogens (tertiary/aromatic N) is 2. The first-order valence-electron chi connectivity index (χ1n) is 7.63. The molecule has 0 radical (unpaired) electrons. The molecule has 4 nitrogen and oxygen atoms in total. The summed E-state index contributed by atoms with van der Waals surface area (Å²) in [4.78, 5) is 0. The summed E-state index contributed by atoms with van der Waals surface area (Å²) in [6.07, 6.45) is 0. The van der Waals surface area contributed by atoms with Crippen LogP contribution in [0.25, 0.3) is 11.3 Å². The Balaban J connectivity index is 1.73. The standard InChI is InChI=1S/C19H17FN2O2S/c1-23-17-9-7-13(11-18(17)24-2)16-8-10-19(22-21-16)25-12-14-5-3-4-6-15(14)20/h3-11H,12H2,1-2H3. The van der Waals surface area contributed by atoms with Gasteiger partial charge in [-0.3, -0.25) is 0 Å². The predicted octanol–water partition coefficient (Wildman–Crippen LogP) is 4.59. The van der Waals surface area contributed by atoms with Crippen molar-refractivity contribution in [3.63, 3.8) is 0 Å². The molecule has 3 aromatic rings. The van der Waals surface area contributed by atoms with Gasteiger partial charge < -0.3 is 9.47 Å². The third kappa shape index (κ3) is 4.09. The molecule has 6 heteroatoms. The molecule has 0 spiro atoms. The van der Waals surface area contributed by atoms with Gasteiger partial charge in [-0.25, -0.2) is 4.39 Å². The van der Waals surface area contributed by atoms with Crippen LogP contribution >= 0.6 is 11.8 Å². The van der Waals surface area contributed by atoms with Gasteiger partial charge in [0.15, 0.2) is 11.5 Å². The van der Waals surface area contributed by atoms with E-state index in [9.17, 15) is 4.39 Å². The molecule has 1 aromatic heterocycles. The van der Waals surface area contributed by atoms with E-state index in [-0.39, 0.29) is 5.82 Å². The molecule has 0 bridgehead atoms. The number of ether oxygens (including phenoxy) is 2. The van der Waals surface area contributed by atoms with Crippen molar-refractivity contribution in [2.24, 2.45) is 0 Å². The molecule has 0 aliphatic carbocycles. The van der Waals surface area contributed by atoms with E-state index in [1.165, 1.54) is 17.8 Å². The number of methoxy groups -OCH3 is 2. The zero-order valence-corrected chi connectivity index (χ0v) is 14.7. The van der Waals surface area contributed by atoms with Crippen LogP contribution in [0.5, 0.6) is 11.5 Å². The maximum Gasteiger partial charge on any atom is 0.161 e. The molecule has 25 heavy (non-hydrogen) atoms. The molecule has 0 atom stereocenters. The maximum atomic E-state index is 13.6. The highest BCUT2D eigenvalue weighted by Crippen LogP contribution is 2.32. The average Bonchev–Trinajstić information content (AvgIpc) is 2.67. The first kappa shape index (κ1) is 17.2. The lowest BCUT2D eigenvalue weighted by molar-refractivity contribution is 0.355. The second-order valence-corrected chi connectivity index (χ2v) is 6.20. The lowest BCUT2D eigenvalue weighted by Gasteiger charge is -2.09. The van der Waals surface area contributed by atoms with E-state index in [4.69, 9.17) is 9.47 Å². The lowest BCUT2D eigenvalue weighted by atomic mass is 10.1. The van der Waals surface area contributed by atoms with Gasteiger partial charge in [0, 0.05) is 11.3 Å². The average molecular weight is 356 g/mol. The van der Waals surface area contributed by atoms with Crippen LogP contribution < -0.4 is 9.47 Å². The first-order chi connectivity index (χ1) is 12.2. The fraction of sp³-hybridized carbons (Fsp3) is 0.158. The molecule has 3 rings (SSSR count). The smallest absolute Gasteiger partial charge is 0.161 e. The van der Waals surface area contributed by atoms with Gasteiger partial charge in [0.05, 0.1) is 19.9 Å². The molecule has 0 unspecified atom stereocenters. The minimum absolute atomic E-state index is 0.204. The van der Waals surface area contributed by atoms with E-state index in [0.717, 1.165) is 16.3 Å². The number of hydrogen-bond acceptors (Lipinski definition) is 5. The SMILES string of the molecule is COc1ccc(-c2ccc(SCc3ccccc3F)nn2)cc1OC. The molecule has 0 N–H and O–H groups in total. The highest BCUT2D eigenvalue weighted by molar-refractivity contribution is 7.98. The molecule has 0 aliphatic heterocycles. The third-order valence-corrected chi connectivity index (χ3v) is 4.62. The Kier molecular flexibility index (Phi) is 5.50. The Labute approximate surface area is 150 Å². The summed E-state index contributed by atoms with van der Waals surface area (Å²) in [7, 11) is 3.19. The fourth-order valence-corrected chi connectivity index (χ4v) is 3.11. The molecular formula is C19H17FN2O2S. The van der Waals surface area contributed by atoms with Crippen molar-refractivity contribution in [3.8, 4) is 22.8 Å². The van der Waals surface area contributed by atoms with Crippen LogP contribution in [-0.2, 0) is 5.75 Å². The Morgan fingerprint density at radius 3 is 2.40 bits per heavy atom. The molecule has 128 valence electrons. The summed E-state index contributed by atoms with van der Waals surface area (Å²) >= 11 is 1.45. The summed E-state index contributed by atoms with van der Waals surface area (Å²) in [5.41, 5.74) is 2.27. The summed E-state index contributed by atoms with van der Waals surface area (Å²) in [6, 6.07) is 16.1. The number of benzene rings is 2. The van der Waals surface area contributed by atoms with Crippen molar-refractivity contribution in [1.82, 2.24) is 10.2 Å². The zero-order chi connectivity index (χ0) is 17.6. The number of halogens is 1. The van der Waals surface area contributed by atoms with Gasteiger partial charge in [-0.05, 0) is 42.0 Å². The van der Waals surface area contributed by atoms with Gasteiger partial charge >= 0.3 is 0 Å². The van der Waals surface area contributed by atoms with E-state index in [1.54, 1.807) is 26.4 Å². The number of thioether (sulfide) groups is 1. The van der Waals surface area contributed by atoms with Crippen LogP contribution in [0, 0.1) is 5.82 Å². The minimum atomic E-state index is -0.204. The predicted molar refractivity (Wildman–Crippen MR) is 96.5 cm³/mol. The van der Waals surface area contributed by atoms with E-state index in [0.29, 0.717) is 22.8 Å². The van der Waals surface area contributed by atoms with Crippen molar-refractivity contribution < 1.29 is 13.9 Å². The van der Waals surface area contributed by atoms with E-state index < -0.39 is 0 Å². The third-order valence-electron chi connectivity index (χ3n) is 3.65. The molecule has 1 heterocycles. The second-order valence-electron chi connectivity index (χ2n) is 5.21. The Morgan fingerprint density at radius 2 is 1.72 bits per heavy atom.